The van der Waals surface area contributed by atoms with Crippen molar-refractivity contribution in [1.29, 1.82) is 0 Å². The number of aryl methyl sites for hydroxylation is 1. The summed E-state index contributed by atoms with van der Waals surface area (Å²) in [4.78, 5) is 8.34. The number of rotatable bonds is 4. The van der Waals surface area contributed by atoms with Crippen LogP contribution in [0.25, 0.3) is 0 Å². The van der Waals surface area contributed by atoms with Crippen LogP contribution in [0.1, 0.15) is 11.4 Å². The Morgan fingerprint density at radius 2 is 1.60 bits per heavy atom. The predicted octanol–water partition coefficient (Wildman–Crippen LogP) is 2.49. The molecule has 2 aromatic rings. The second kappa shape index (κ2) is 5.64. The van der Waals surface area contributed by atoms with E-state index in [2.05, 4.69) is 9.97 Å². The van der Waals surface area contributed by atoms with Gasteiger partial charge in [-0.1, -0.05) is 6.07 Å². The summed E-state index contributed by atoms with van der Waals surface area (Å²) in [7, 11) is 3.13. The average molecular weight is 275 g/mol. The summed E-state index contributed by atoms with van der Waals surface area (Å²) in [5.41, 5.74) is 6.49. The maximum Gasteiger partial charge on any atom is 0.228 e. The highest BCUT2D eigenvalue weighted by molar-refractivity contribution is 5.54. The van der Waals surface area contributed by atoms with Gasteiger partial charge in [0.25, 0.3) is 0 Å². The van der Waals surface area contributed by atoms with E-state index in [0.29, 0.717) is 40.3 Å². The fourth-order valence-electron chi connectivity index (χ4n) is 1.74. The van der Waals surface area contributed by atoms with Crippen LogP contribution in [0.2, 0.25) is 0 Å². The minimum absolute atomic E-state index is 0.387. The Kier molecular flexibility index (Phi) is 3.93. The number of nitrogen functional groups attached to an aromatic ring is 1. The van der Waals surface area contributed by atoms with Crippen LogP contribution in [0, 0.1) is 13.8 Å². The van der Waals surface area contributed by atoms with Crippen molar-refractivity contribution in [3.8, 4) is 23.1 Å². The summed E-state index contributed by atoms with van der Waals surface area (Å²) in [6.07, 6.45) is 0. The monoisotopic (exact) mass is 275 g/mol. The van der Waals surface area contributed by atoms with Gasteiger partial charge in [0.15, 0.2) is 11.5 Å². The molecule has 0 aliphatic heterocycles. The van der Waals surface area contributed by atoms with Crippen molar-refractivity contribution >= 4 is 5.82 Å². The van der Waals surface area contributed by atoms with E-state index in [1.165, 1.54) is 0 Å². The number of nitrogens with zero attached hydrogens (tertiary/aromatic N) is 2. The van der Waals surface area contributed by atoms with Crippen LogP contribution in [0.4, 0.5) is 5.82 Å². The van der Waals surface area contributed by atoms with Crippen LogP contribution in [-0.4, -0.2) is 24.2 Å². The number of para-hydroxylation sites is 1. The van der Waals surface area contributed by atoms with Gasteiger partial charge in [0.2, 0.25) is 11.6 Å². The lowest BCUT2D eigenvalue weighted by molar-refractivity contribution is 0.340. The van der Waals surface area contributed by atoms with E-state index in [1.54, 1.807) is 40.2 Å². The maximum atomic E-state index is 5.83. The maximum absolute atomic E-state index is 5.83. The number of nitrogens with two attached hydrogens (primary N) is 1. The minimum atomic E-state index is 0.387. The lowest BCUT2D eigenvalue weighted by atomic mass is 10.3. The Balaban J connectivity index is 2.49. The van der Waals surface area contributed by atoms with Crippen molar-refractivity contribution in [3.63, 3.8) is 0 Å². The van der Waals surface area contributed by atoms with Crippen LogP contribution in [0.5, 0.6) is 23.1 Å². The van der Waals surface area contributed by atoms with Gasteiger partial charge >= 0.3 is 0 Å². The number of hydrogen-bond donors (Lipinski definition) is 1. The Bertz CT molecular complexity index is 607. The zero-order valence-electron chi connectivity index (χ0n) is 11.9. The molecule has 0 bridgehead atoms. The molecule has 0 aliphatic rings. The molecule has 20 heavy (non-hydrogen) atoms. The molecule has 2 rings (SSSR count). The molecule has 0 amide bonds. The van der Waals surface area contributed by atoms with Crippen molar-refractivity contribution in [3.05, 3.63) is 29.6 Å². The lowest BCUT2D eigenvalue weighted by Gasteiger charge is -2.15. The largest absolute Gasteiger partial charge is 0.493 e. The highest BCUT2D eigenvalue weighted by Gasteiger charge is 2.16. The standard InChI is InChI=1S/C14H17N3O3/c1-8-13(15)16-9(2)17-14(8)20-12-10(18-3)6-5-7-11(12)19-4/h5-7H,1-4H3,(H2,15,16,17). The Labute approximate surface area is 117 Å². The van der Waals surface area contributed by atoms with Gasteiger partial charge in [-0.05, 0) is 26.0 Å². The van der Waals surface area contributed by atoms with Crippen LogP contribution < -0.4 is 19.9 Å². The predicted molar refractivity (Wildman–Crippen MR) is 75.5 cm³/mol. The number of benzene rings is 1. The van der Waals surface area contributed by atoms with Crippen LogP contribution in [0.15, 0.2) is 18.2 Å². The second-order valence-corrected chi connectivity index (χ2v) is 4.18. The number of hydrogen-bond acceptors (Lipinski definition) is 6. The van der Waals surface area contributed by atoms with Crippen LogP contribution >= 0.6 is 0 Å². The summed E-state index contributed by atoms with van der Waals surface area (Å²) in [5.74, 6) is 2.88. The van der Waals surface area contributed by atoms with Gasteiger partial charge in [0.05, 0.1) is 19.8 Å². The Morgan fingerprint density at radius 3 is 2.15 bits per heavy atom. The lowest BCUT2D eigenvalue weighted by Crippen LogP contribution is -2.03. The quantitative estimate of drug-likeness (QED) is 0.923. The van der Waals surface area contributed by atoms with E-state index in [0.717, 1.165) is 0 Å². The first kappa shape index (κ1) is 13.9. The molecule has 0 radical (unpaired) electrons. The van der Waals surface area contributed by atoms with Crippen molar-refractivity contribution in [2.45, 2.75) is 13.8 Å². The second-order valence-electron chi connectivity index (χ2n) is 4.18. The Morgan fingerprint density at radius 1 is 1.00 bits per heavy atom. The SMILES string of the molecule is COc1cccc(OC)c1Oc1nc(C)nc(N)c1C. The minimum Gasteiger partial charge on any atom is -0.493 e. The molecule has 0 atom stereocenters. The van der Waals surface area contributed by atoms with Gasteiger partial charge in [0, 0.05) is 0 Å². The van der Waals surface area contributed by atoms with Gasteiger partial charge in [0.1, 0.15) is 11.6 Å². The summed E-state index contributed by atoms with van der Waals surface area (Å²) < 4.78 is 16.4. The van der Waals surface area contributed by atoms with Crippen molar-refractivity contribution < 1.29 is 14.2 Å². The van der Waals surface area contributed by atoms with E-state index in [-0.39, 0.29) is 0 Å². The molecule has 1 heterocycles. The molecule has 2 N–H and O–H groups in total. The number of aromatic nitrogens is 2. The summed E-state index contributed by atoms with van der Waals surface area (Å²) in [5, 5.41) is 0. The van der Waals surface area contributed by atoms with E-state index < -0.39 is 0 Å². The smallest absolute Gasteiger partial charge is 0.228 e. The third kappa shape index (κ3) is 2.59. The first-order chi connectivity index (χ1) is 9.56. The molecule has 0 saturated heterocycles. The molecule has 0 unspecified atom stereocenters. The highest BCUT2D eigenvalue weighted by Crippen LogP contribution is 2.40. The van der Waals surface area contributed by atoms with E-state index in [9.17, 15) is 0 Å². The van der Waals surface area contributed by atoms with Gasteiger partial charge < -0.3 is 19.9 Å². The molecule has 6 heteroatoms. The third-order valence-electron chi connectivity index (χ3n) is 2.83. The van der Waals surface area contributed by atoms with Crippen molar-refractivity contribution in [1.82, 2.24) is 9.97 Å². The fourth-order valence-corrected chi connectivity index (χ4v) is 1.74. The molecular formula is C14H17N3O3. The normalized spacial score (nSPS) is 10.2. The first-order valence-electron chi connectivity index (χ1n) is 6.06. The van der Waals surface area contributed by atoms with Crippen molar-refractivity contribution in [2.24, 2.45) is 0 Å². The molecule has 0 aliphatic carbocycles. The summed E-state index contributed by atoms with van der Waals surface area (Å²) in [6, 6.07) is 5.38. The topological polar surface area (TPSA) is 79.5 Å². The van der Waals surface area contributed by atoms with Gasteiger partial charge in [-0.25, -0.2) is 4.98 Å². The molecule has 0 saturated carbocycles. The highest BCUT2D eigenvalue weighted by atomic mass is 16.5. The molecule has 0 fully saturated rings. The van der Waals surface area contributed by atoms with Crippen molar-refractivity contribution in [2.75, 3.05) is 20.0 Å². The third-order valence-corrected chi connectivity index (χ3v) is 2.83. The van der Waals surface area contributed by atoms with Gasteiger partial charge in [-0.3, -0.25) is 0 Å². The van der Waals surface area contributed by atoms with Gasteiger partial charge in [-0.15, -0.1) is 0 Å². The number of ether oxygens (including phenoxy) is 3. The van der Waals surface area contributed by atoms with Crippen LogP contribution in [0.3, 0.4) is 0 Å². The molecule has 6 nitrogen and oxygen atoms in total. The molecule has 0 spiro atoms. The number of methoxy groups -OCH3 is 2. The summed E-state index contributed by atoms with van der Waals surface area (Å²) in [6.45, 7) is 3.55. The first-order valence-corrected chi connectivity index (χ1v) is 6.06. The Hall–Kier alpha value is -2.50. The zero-order valence-corrected chi connectivity index (χ0v) is 11.9. The van der Waals surface area contributed by atoms with Gasteiger partial charge in [-0.2, -0.15) is 4.98 Å². The molecule has 1 aromatic carbocycles. The number of anilines is 1. The average Bonchev–Trinajstić information content (AvgIpc) is 2.44. The molecular weight excluding hydrogens is 258 g/mol. The zero-order chi connectivity index (χ0) is 14.7. The fraction of sp³-hybridized carbons (Fsp3) is 0.286. The van der Waals surface area contributed by atoms with E-state index >= 15 is 0 Å². The molecule has 106 valence electrons. The van der Waals surface area contributed by atoms with Crippen LogP contribution in [-0.2, 0) is 0 Å². The molecule has 1 aromatic heterocycles. The summed E-state index contributed by atoms with van der Waals surface area (Å²) >= 11 is 0. The van der Waals surface area contributed by atoms with E-state index in [1.807, 2.05) is 6.07 Å². The van der Waals surface area contributed by atoms with E-state index in [4.69, 9.17) is 19.9 Å².